The smallest absolute Gasteiger partial charge is 0.147 e. The van der Waals surface area contributed by atoms with E-state index in [9.17, 15) is 4.79 Å². The Morgan fingerprint density at radius 1 is 0.800 bits per heavy atom. The molecule has 0 aromatic rings. The molecule has 0 aliphatic heterocycles. The summed E-state index contributed by atoms with van der Waals surface area (Å²) in [4.78, 5) is 11.1. The van der Waals surface area contributed by atoms with Crippen LogP contribution in [0.5, 0.6) is 0 Å². The van der Waals surface area contributed by atoms with E-state index < -0.39 is 0 Å². The predicted molar refractivity (Wildman–Crippen MR) is 90.4 cm³/mol. The van der Waals surface area contributed by atoms with E-state index in [4.69, 9.17) is 11.6 Å². The van der Waals surface area contributed by atoms with Crippen LogP contribution in [0.1, 0.15) is 66.2 Å². The van der Waals surface area contributed by atoms with E-state index in [1.54, 1.807) is 0 Å². The van der Waals surface area contributed by atoms with E-state index >= 15 is 0 Å². The van der Waals surface area contributed by atoms with Crippen LogP contribution in [0, 0.1) is 0 Å². The van der Waals surface area contributed by atoms with Crippen molar-refractivity contribution in [1.82, 2.24) is 0 Å². The lowest BCUT2D eigenvalue weighted by molar-refractivity contribution is -0.116. The minimum atomic E-state index is 0.130. The quantitative estimate of drug-likeness (QED) is 0.357. The number of Topliss-reactive ketones (excluding diaryl/α,β-unsaturated/α-hetero) is 1. The molecule has 0 atom stereocenters. The number of carbonyl (C=O) groups is 1. The lowest BCUT2D eigenvalue weighted by Crippen LogP contribution is -1.97. The number of rotatable bonds is 10. The number of ketones is 1. The summed E-state index contributed by atoms with van der Waals surface area (Å²) >= 11 is 5.46. The molecule has 0 bridgehead atoms. The third kappa shape index (κ3) is 12.2. The van der Waals surface area contributed by atoms with E-state index in [-0.39, 0.29) is 11.7 Å². The largest absolute Gasteiger partial charge is 0.298 e. The molecule has 0 amide bonds. The van der Waals surface area contributed by atoms with Crippen molar-refractivity contribution in [2.75, 3.05) is 5.88 Å². The average Bonchev–Trinajstić information content (AvgIpc) is 2.38. The van der Waals surface area contributed by atoms with Crippen LogP contribution in [0.25, 0.3) is 0 Å². The SMILES string of the molecule is CC(C)=CCCC(C)=CCCC(C)=CCCC(=O)CCl. The highest BCUT2D eigenvalue weighted by Gasteiger charge is 1.97. The molecular formula is C18H29ClO. The maximum atomic E-state index is 11.1. The van der Waals surface area contributed by atoms with Crippen molar-refractivity contribution in [3.05, 3.63) is 34.9 Å². The third-order valence-electron chi connectivity index (χ3n) is 3.19. The molecule has 20 heavy (non-hydrogen) atoms. The van der Waals surface area contributed by atoms with Crippen molar-refractivity contribution in [2.45, 2.75) is 66.2 Å². The van der Waals surface area contributed by atoms with Gasteiger partial charge in [0.05, 0.1) is 5.88 Å². The van der Waals surface area contributed by atoms with Crippen molar-refractivity contribution in [3.8, 4) is 0 Å². The van der Waals surface area contributed by atoms with Gasteiger partial charge in [-0.05, 0) is 59.8 Å². The fraction of sp³-hybridized carbons (Fsp3) is 0.611. The van der Waals surface area contributed by atoms with Gasteiger partial charge in [0.2, 0.25) is 0 Å². The predicted octanol–water partition coefficient (Wildman–Crippen LogP) is 5.99. The van der Waals surface area contributed by atoms with Crippen molar-refractivity contribution >= 4 is 17.4 Å². The highest BCUT2D eigenvalue weighted by molar-refractivity contribution is 6.27. The van der Waals surface area contributed by atoms with Gasteiger partial charge in [0, 0.05) is 6.42 Å². The number of carbonyl (C=O) groups excluding carboxylic acids is 1. The molecule has 0 N–H and O–H groups in total. The monoisotopic (exact) mass is 296 g/mol. The summed E-state index contributed by atoms with van der Waals surface area (Å²) in [5.74, 6) is 0.270. The van der Waals surface area contributed by atoms with Crippen molar-refractivity contribution in [1.29, 1.82) is 0 Å². The number of hydrogen-bond donors (Lipinski definition) is 0. The first kappa shape index (κ1) is 19.2. The Labute approximate surface area is 129 Å². The Hall–Kier alpha value is -0.820. The first-order valence-electron chi connectivity index (χ1n) is 7.48. The summed E-state index contributed by atoms with van der Waals surface area (Å²) < 4.78 is 0. The second-order valence-corrected chi connectivity index (χ2v) is 5.94. The van der Waals surface area contributed by atoms with Gasteiger partial charge in [-0.25, -0.2) is 0 Å². The van der Waals surface area contributed by atoms with Crippen molar-refractivity contribution in [3.63, 3.8) is 0 Å². The van der Waals surface area contributed by atoms with E-state index in [1.165, 1.54) is 16.7 Å². The molecule has 0 radical (unpaired) electrons. The normalized spacial score (nSPS) is 12.4. The molecule has 1 nitrogen and oxygen atoms in total. The number of halogens is 1. The van der Waals surface area contributed by atoms with Gasteiger partial charge in [0.1, 0.15) is 5.78 Å². The molecule has 0 aromatic carbocycles. The fourth-order valence-corrected chi connectivity index (χ4v) is 2.02. The molecule has 0 fully saturated rings. The van der Waals surface area contributed by atoms with Gasteiger partial charge >= 0.3 is 0 Å². The third-order valence-corrected chi connectivity index (χ3v) is 3.49. The van der Waals surface area contributed by atoms with Gasteiger partial charge in [-0.2, -0.15) is 0 Å². The van der Waals surface area contributed by atoms with Gasteiger partial charge in [-0.1, -0.05) is 34.9 Å². The van der Waals surface area contributed by atoms with Crippen LogP contribution in [-0.2, 0) is 4.79 Å². The zero-order valence-corrected chi connectivity index (χ0v) is 14.2. The summed E-state index contributed by atoms with van der Waals surface area (Å²) in [5.41, 5.74) is 4.22. The number of alkyl halides is 1. The number of allylic oxidation sites excluding steroid dienone is 6. The molecule has 2 heteroatoms. The van der Waals surface area contributed by atoms with Gasteiger partial charge in [0.15, 0.2) is 0 Å². The van der Waals surface area contributed by atoms with Crippen LogP contribution >= 0.6 is 11.6 Å². The fourth-order valence-electron chi connectivity index (χ4n) is 1.89. The second kappa shape index (κ2) is 12.0. The minimum absolute atomic E-state index is 0.130. The molecule has 0 aromatic heterocycles. The molecule has 0 saturated heterocycles. The maximum absolute atomic E-state index is 11.1. The second-order valence-electron chi connectivity index (χ2n) is 5.67. The minimum Gasteiger partial charge on any atom is -0.298 e. The zero-order valence-electron chi connectivity index (χ0n) is 13.5. The molecular weight excluding hydrogens is 268 g/mol. The van der Waals surface area contributed by atoms with Crippen molar-refractivity contribution < 1.29 is 4.79 Å². The van der Waals surface area contributed by atoms with Crippen molar-refractivity contribution in [2.24, 2.45) is 0 Å². The highest BCUT2D eigenvalue weighted by atomic mass is 35.5. The molecule has 0 aliphatic rings. The van der Waals surface area contributed by atoms with Crippen LogP contribution in [0.3, 0.4) is 0 Å². The highest BCUT2D eigenvalue weighted by Crippen LogP contribution is 2.12. The zero-order chi connectivity index (χ0) is 15.4. The standard InChI is InChI=1S/C18H29ClO/c1-15(2)8-5-9-16(3)10-6-11-17(4)12-7-13-18(20)14-19/h8,10,12H,5-7,9,11,13-14H2,1-4H3. The van der Waals surface area contributed by atoms with E-state index in [1.807, 2.05) is 0 Å². The average molecular weight is 297 g/mol. The first-order valence-corrected chi connectivity index (χ1v) is 8.01. The van der Waals surface area contributed by atoms with E-state index in [0.717, 1.165) is 32.1 Å². The molecule has 0 saturated carbocycles. The molecule has 0 aliphatic carbocycles. The van der Waals surface area contributed by atoms with Crippen LogP contribution in [0.15, 0.2) is 34.9 Å². The lowest BCUT2D eigenvalue weighted by Gasteiger charge is -2.01. The van der Waals surface area contributed by atoms with Crippen LogP contribution in [-0.4, -0.2) is 11.7 Å². The van der Waals surface area contributed by atoms with E-state index in [0.29, 0.717) is 6.42 Å². The Balaban J connectivity index is 3.88. The number of hydrogen-bond acceptors (Lipinski definition) is 1. The topological polar surface area (TPSA) is 17.1 Å². The van der Waals surface area contributed by atoms with Crippen LogP contribution < -0.4 is 0 Å². The Morgan fingerprint density at radius 3 is 1.70 bits per heavy atom. The molecule has 0 unspecified atom stereocenters. The first-order chi connectivity index (χ1) is 9.45. The summed E-state index contributed by atoms with van der Waals surface area (Å²) in [6.45, 7) is 8.62. The summed E-state index contributed by atoms with van der Waals surface area (Å²) in [6, 6.07) is 0. The lowest BCUT2D eigenvalue weighted by atomic mass is 10.1. The van der Waals surface area contributed by atoms with Gasteiger partial charge < -0.3 is 0 Å². The molecule has 0 rings (SSSR count). The Kier molecular flexibility index (Phi) is 11.5. The van der Waals surface area contributed by atoms with E-state index in [2.05, 4.69) is 45.9 Å². The van der Waals surface area contributed by atoms with Gasteiger partial charge in [0.25, 0.3) is 0 Å². The summed E-state index contributed by atoms with van der Waals surface area (Å²) in [7, 11) is 0. The Bertz CT molecular complexity index is 371. The van der Waals surface area contributed by atoms with Gasteiger partial charge in [-0.3, -0.25) is 4.79 Å². The molecule has 0 heterocycles. The maximum Gasteiger partial charge on any atom is 0.147 e. The summed E-state index contributed by atoms with van der Waals surface area (Å²) in [5, 5.41) is 0. The van der Waals surface area contributed by atoms with Crippen LogP contribution in [0.4, 0.5) is 0 Å². The Morgan fingerprint density at radius 2 is 1.25 bits per heavy atom. The van der Waals surface area contributed by atoms with Crippen LogP contribution in [0.2, 0.25) is 0 Å². The summed E-state index contributed by atoms with van der Waals surface area (Å²) in [6.07, 6.45) is 12.6. The van der Waals surface area contributed by atoms with Gasteiger partial charge in [-0.15, -0.1) is 11.6 Å². The molecule has 114 valence electrons. The molecule has 0 spiro atoms.